The van der Waals surface area contributed by atoms with Crippen LogP contribution in [0.3, 0.4) is 0 Å². The summed E-state index contributed by atoms with van der Waals surface area (Å²) >= 11 is 1.44. The lowest BCUT2D eigenvalue weighted by Crippen LogP contribution is -2.30. The van der Waals surface area contributed by atoms with Gasteiger partial charge in [0.1, 0.15) is 0 Å². The van der Waals surface area contributed by atoms with Gasteiger partial charge >= 0.3 is 0 Å². The van der Waals surface area contributed by atoms with Crippen LogP contribution in [0.25, 0.3) is 0 Å². The van der Waals surface area contributed by atoms with Crippen LogP contribution in [-0.2, 0) is 0 Å². The third kappa shape index (κ3) is 3.42. The molecule has 98 valence electrons. The molecule has 0 radical (unpaired) electrons. The molecule has 1 atom stereocenters. The minimum Gasteiger partial charge on any atom is -0.266 e. The van der Waals surface area contributed by atoms with Crippen LogP contribution in [0.15, 0.2) is 22.6 Å². The fraction of sp³-hybridized carbons (Fsp3) is 0.571. The van der Waals surface area contributed by atoms with E-state index in [1.165, 1.54) is 17.8 Å². The Hall–Kier alpha value is -1.16. The number of rotatable bonds is 2. The summed E-state index contributed by atoms with van der Waals surface area (Å²) in [4.78, 5) is 12.5. The number of hydrazone groups is 1. The van der Waals surface area contributed by atoms with Gasteiger partial charge in [-0.15, -0.1) is 11.3 Å². The molecule has 2 rings (SSSR count). The summed E-state index contributed by atoms with van der Waals surface area (Å²) in [5.41, 5.74) is 4.08. The van der Waals surface area contributed by atoms with E-state index in [1.54, 1.807) is 0 Å². The summed E-state index contributed by atoms with van der Waals surface area (Å²) in [6.45, 7) is 6.77. The number of carbonyl (C=O) groups is 1. The summed E-state index contributed by atoms with van der Waals surface area (Å²) in [5, 5.41) is 6.21. The van der Waals surface area contributed by atoms with Crippen molar-refractivity contribution in [2.24, 2.45) is 16.4 Å². The first-order chi connectivity index (χ1) is 8.46. The lowest BCUT2D eigenvalue weighted by Gasteiger charge is -2.34. The van der Waals surface area contributed by atoms with Gasteiger partial charge in [0.15, 0.2) is 0 Å². The van der Waals surface area contributed by atoms with Gasteiger partial charge in [-0.1, -0.05) is 26.8 Å². The second-order valence-corrected chi connectivity index (χ2v) is 6.90. The van der Waals surface area contributed by atoms with E-state index in [9.17, 15) is 4.79 Å². The van der Waals surface area contributed by atoms with Crippen LogP contribution in [-0.4, -0.2) is 11.6 Å². The quantitative estimate of drug-likeness (QED) is 0.813. The third-order valence-corrected chi connectivity index (χ3v) is 4.10. The number of hydrogen-bond acceptors (Lipinski definition) is 3. The molecular weight excluding hydrogens is 244 g/mol. The van der Waals surface area contributed by atoms with Crippen LogP contribution in [0, 0.1) is 11.3 Å². The maximum atomic E-state index is 11.8. The molecule has 1 aliphatic rings. The fourth-order valence-corrected chi connectivity index (χ4v) is 3.41. The van der Waals surface area contributed by atoms with Gasteiger partial charge in [-0.2, -0.15) is 5.10 Å². The van der Waals surface area contributed by atoms with Gasteiger partial charge in [0.25, 0.3) is 5.91 Å². The van der Waals surface area contributed by atoms with E-state index in [0.29, 0.717) is 16.2 Å². The lowest BCUT2D eigenvalue weighted by molar-refractivity contribution is 0.0958. The van der Waals surface area contributed by atoms with Crippen molar-refractivity contribution < 1.29 is 4.79 Å². The average molecular weight is 264 g/mol. The Morgan fingerprint density at radius 3 is 2.94 bits per heavy atom. The van der Waals surface area contributed by atoms with E-state index in [2.05, 4.69) is 31.3 Å². The van der Waals surface area contributed by atoms with Crippen molar-refractivity contribution in [2.75, 3.05) is 0 Å². The third-order valence-electron chi connectivity index (χ3n) is 3.23. The molecule has 4 heteroatoms. The largest absolute Gasteiger partial charge is 0.281 e. The SMILES string of the molecule is C[C@@H]1C/C(=N\NC(=O)c2cccs2)CC(C)(C)C1. The summed E-state index contributed by atoms with van der Waals surface area (Å²) in [6, 6.07) is 3.69. The molecule has 1 N–H and O–H groups in total. The van der Waals surface area contributed by atoms with Crippen LogP contribution in [0.4, 0.5) is 0 Å². The van der Waals surface area contributed by atoms with Gasteiger partial charge in [0.2, 0.25) is 0 Å². The minimum absolute atomic E-state index is 0.103. The van der Waals surface area contributed by atoms with Gasteiger partial charge in [-0.3, -0.25) is 4.79 Å². The molecule has 0 spiro atoms. The van der Waals surface area contributed by atoms with Crippen molar-refractivity contribution in [1.82, 2.24) is 5.43 Å². The molecule has 1 heterocycles. The first-order valence-corrected chi connectivity index (χ1v) is 7.23. The maximum absolute atomic E-state index is 11.8. The van der Waals surface area contributed by atoms with Gasteiger partial charge in [0.05, 0.1) is 4.88 Å². The van der Waals surface area contributed by atoms with Crippen LogP contribution in [0.1, 0.15) is 49.7 Å². The number of amides is 1. The van der Waals surface area contributed by atoms with Crippen molar-refractivity contribution in [2.45, 2.75) is 40.0 Å². The first kappa shape index (κ1) is 13.3. The smallest absolute Gasteiger partial charge is 0.266 e. The Labute approximate surface area is 112 Å². The van der Waals surface area contributed by atoms with E-state index in [-0.39, 0.29) is 5.91 Å². The molecule has 1 fully saturated rings. The second kappa shape index (κ2) is 5.22. The predicted octanol–water partition coefficient (Wildman–Crippen LogP) is 3.68. The fourth-order valence-electron chi connectivity index (χ4n) is 2.79. The number of carbonyl (C=O) groups excluding carboxylic acids is 1. The molecule has 3 nitrogen and oxygen atoms in total. The lowest BCUT2D eigenvalue weighted by atomic mass is 9.72. The molecule has 1 amide bonds. The van der Waals surface area contributed by atoms with Gasteiger partial charge < -0.3 is 0 Å². The van der Waals surface area contributed by atoms with E-state index in [1.807, 2.05) is 17.5 Å². The van der Waals surface area contributed by atoms with Crippen molar-refractivity contribution in [3.05, 3.63) is 22.4 Å². The highest BCUT2D eigenvalue weighted by Gasteiger charge is 2.29. The Morgan fingerprint density at radius 2 is 2.33 bits per heavy atom. The average Bonchev–Trinajstić information content (AvgIpc) is 2.76. The summed E-state index contributed by atoms with van der Waals surface area (Å²) in [6.07, 6.45) is 3.20. The highest BCUT2D eigenvalue weighted by atomic mass is 32.1. The molecule has 1 saturated carbocycles. The second-order valence-electron chi connectivity index (χ2n) is 5.95. The number of nitrogens with zero attached hydrogens (tertiary/aromatic N) is 1. The highest BCUT2D eigenvalue weighted by molar-refractivity contribution is 7.12. The van der Waals surface area contributed by atoms with Crippen LogP contribution in [0.5, 0.6) is 0 Å². The van der Waals surface area contributed by atoms with Crippen molar-refractivity contribution in [3.8, 4) is 0 Å². The van der Waals surface area contributed by atoms with E-state index in [4.69, 9.17) is 0 Å². The Bertz CT molecular complexity index is 448. The van der Waals surface area contributed by atoms with Gasteiger partial charge in [-0.05, 0) is 42.0 Å². The normalized spacial score (nSPS) is 25.1. The predicted molar refractivity (Wildman–Crippen MR) is 76.0 cm³/mol. The van der Waals surface area contributed by atoms with Crippen LogP contribution in [0.2, 0.25) is 0 Å². The molecule has 18 heavy (non-hydrogen) atoms. The maximum Gasteiger partial charge on any atom is 0.281 e. The summed E-state index contributed by atoms with van der Waals surface area (Å²) < 4.78 is 0. The first-order valence-electron chi connectivity index (χ1n) is 6.35. The van der Waals surface area contributed by atoms with E-state index < -0.39 is 0 Å². The Balaban J connectivity index is 1.99. The minimum atomic E-state index is -0.103. The van der Waals surface area contributed by atoms with E-state index in [0.717, 1.165) is 18.6 Å². The number of thiophene rings is 1. The highest BCUT2D eigenvalue weighted by Crippen LogP contribution is 2.36. The van der Waals surface area contributed by atoms with Crippen molar-refractivity contribution in [1.29, 1.82) is 0 Å². The van der Waals surface area contributed by atoms with Crippen LogP contribution >= 0.6 is 11.3 Å². The number of hydrogen-bond donors (Lipinski definition) is 1. The van der Waals surface area contributed by atoms with Crippen molar-refractivity contribution in [3.63, 3.8) is 0 Å². The molecule has 1 aliphatic carbocycles. The molecule has 0 saturated heterocycles. The molecular formula is C14H20N2OS. The molecule has 1 aromatic rings. The standard InChI is InChI=1S/C14H20N2OS/c1-10-7-11(9-14(2,3)8-10)15-16-13(17)12-5-4-6-18-12/h4-6,10H,7-9H2,1-3H3,(H,16,17)/b15-11+/t10-/m1/s1. The summed E-state index contributed by atoms with van der Waals surface area (Å²) in [5.74, 6) is 0.541. The Morgan fingerprint density at radius 1 is 1.56 bits per heavy atom. The van der Waals surface area contributed by atoms with Crippen LogP contribution < -0.4 is 5.43 Å². The number of nitrogens with one attached hydrogen (secondary N) is 1. The van der Waals surface area contributed by atoms with E-state index >= 15 is 0 Å². The molecule has 0 unspecified atom stereocenters. The topological polar surface area (TPSA) is 41.5 Å². The zero-order valence-corrected chi connectivity index (χ0v) is 12.0. The molecule has 1 aromatic heterocycles. The van der Waals surface area contributed by atoms with Gasteiger partial charge in [0, 0.05) is 5.71 Å². The zero-order chi connectivity index (χ0) is 13.2. The molecule has 0 aliphatic heterocycles. The van der Waals surface area contributed by atoms with Gasteiger partial charge in [-0.25, -0.2) is 5.43 Å². The molecule has 0 aromatic carbocycles. The van der Waals surface area contributed by atoms with Crippen molar-refractivity contribution >= 4 is 23.0 Å². The Kier molecular flexibility index (Phi) is 3.85. The summed E-state index contributed by atoms with van der Waals surface area (Å²) in [7, 11) is 0. The molecule has 0 bridgehead atoms. The monoisotopic (exact) mass is 264 g/mol. The zero-order valence-electron chi connectivity index (χ0n) is 11.2.